The monoisotopic (exact) mass is 165 g/mol. The second-order valence-corrected chi connectivity index (χ2v) is 2.27. The number of benzene rings is 1. The minimum Gasteiger partial charge on any atom is -0.497 e. The van der Waals surface area contributed by atoms with Crippen LogP contribution in [-0.2, 0) is 6.54 Å². The molecule has 1 rings (SSSR count). The Bertz CT molecular complexity index is 317. The van der Waals surface area contributed by atoms with Crippen LogP contribution in [0.2, 0.25) is 0 Å². The largest absolute Gasteiger partial charge is 0.497 e. The third-order valence-electron chi connectivity index (χ3n) is 1.51. The Balaban J connectivity index is 2.97. The van der Waals surface area contributed by atoms with Crippen molar-refractivity contribution in [1.82, 2.24) is 0 Å². The highest BCUT2D eigenvalue weighted by atomic mass is 19.1. The average Bonchev–Trinajstić information content (AvgIpc) is 2.09. The number of hydrogen-bond acceptors (Lipinski definition) is 1. The fraction of sp³-hybridized carbons (Fsp3) is 0.222. The van der Waals surface area contributed by atoms with Crippen molar-refractivity contribution in [3.63, 3.8) is 0 Å². The molecule has 0 aromatic heterocycles. The van der Waals surface area contributed by atoms with Gasteiger partial charge in [-0.15, -0.1) is 0 Å². The molecule has 0 N–H and O–H groups in total. The highest BCUT2D eigenvalue weighted by molar-refractivity contribution is 5.29. The summed E-state index contributed by atoms with van der Waals surface area (Å²) in [5, 5.41) is 0. The van der Waals surface area contributed by atoms with Crippen LogP contribution in [-0.4, -0.2) is 7.11 Å². The van der Waals surface area contributed by atoms with Crippen LogP contribution in [0.25, 0.3) is 4.85 Å². The molecule has 0 spiro atoms. The third kappa shape index (κ3) is 1.73. The molecule has 0 heterocycles. The van der Waals surface area contributed by atoms with Gasteiger partial charge in [-0.05, 0) is 12.1 Å². The molecule has 1 aromatic rings. The van der Waals surface area contributed by atoms with Gasteiger partial charge in [0.1, 0.15) is 11.6 Å². The van der Waals surface area contributed by atoms with Crippen molar-refractivity contribution < 1.29 is 9.13 Å². The topological polar surface area (TPSA) is 13.6 Å². The van der Waals surface area contributed by atoms with Crippen LogP contribution in [0.4, 0.5) is 4.39 Å². The van der Waals surface area contributed by atoms with Crippen LogP contribution in [0.15, 0.2) is 18.2 Å². The van der Waals surface area contributed by atoms with E-state index in [1.807, 2.05) is 0 Å². The molecule has 1 aromatic carbocycles. The standard InChI is InChI=1S/C9H8FNO/c1-11-6-7-3-4-8(12-2)5-9(7)10/h3-5H,6H2,2H3. The molecule has 2 nitrogen and oxygen atoms in total. The minimum atomic E-state index is -0.384. The molecule has 0 radical (unpaired) electrons. The summed E-state index contributed by atoms with van der Waals surface area (Å²) in [5.74, 6) is 0.0894. The van der Waals surface area contributed by atoms with Gasteiger partial charge < -0.3 is 9.58 Å². The van der Waals surface area contributed by atoms with Crippen LogP contribution in [0.5, 0.6) is 5.75 Å². The Morgan fingerprint density at radius 3 is 2.83 bits per heavy atom. The van der Waals surface area contributed by atoms with E-state index >= 15 is 0 Å². The molecule has 0 unspecified atom stereocenters. The molecular weight excluding hydrogens is 157 g/mol. The molecule has 0 aliphatic carbocycles. The van der Waals surface area contributed by atoms with Crippen molar-refractivity contribution in [3.05, 3.63) is 41.0 Å². The van der Waals surface area contributed by atoms with Crippen LogP contribution in [0.1, 0.15) is 5.56 Å². The number of methoxy groups -OCH3 is 1. The van der Waals surface area contributed by atoms with E-state index in [9.17, 15) is 4.39 Å². The summed E-state index contributed by atoms with van der Waals surface area (Å²) < 4.78 is 17.8. The molecule has 62 valence electrons. The van der Waals surface area contributed by atoms with Crippen molar-refractivity contribution in [2.24, 2.45) is 0 Å². The Hall–Kier alpha value is -1.56. The highest BCUT2D eigenvalue weighted by Gasteiger charge is 2.04. The Labute approximate surface area is 70.4 Å². The van der Waals surface area contributed by atoms with Crippen molar-refractivity contribution in [1.29, 1.82) is 0 Å². The summed E-state index contributed by atoms with van der Waals surface area (Å²) in [5.41, 5.74) is 0.408. The van der Waals surface area contributed by atoms with Crippen LogP contribution in [0.3, 0.4) is 0 Å². The van der Waals surface area contributed by atoms with E-state index < -0.39 is 0 Å². The fourth-order valence-electron chi connectivity index (χ4n) is 0.868. The predicted molar refractivity (Wildman–Crippen MR) is 43.3 cm³/mol. The molecular formula is C9H8FNO. The van der Waals surface area contributed by atoms with Gasteiger partial charge in [0.15, 0.2) is 0 Å². The smallest absolute Gasteiger partial charge is 0.242 e. The van der Waals surface area contributed by atoms with Crippen molar-refractivity contribution in [2.75, 3.05) is 7.11 Å². The lowest BCUT2D eigenvalue weighted by atomic mass is 10.2. The molecule has 0 aliphatic rings. The number of halogens is 1. The lowest BCUT2D eigenvalue weighted by Crippen LogP contribution is -1.89. The summed E-state index contributed by atoms with van der Waals surface area (Å²) in [7, 11) is 1.48. The quantitative estimate of drug-likeness (QED) is 0.613. The van der Waals surface area contributed by atoms with Crippen molar-refractivity contribution in [3.8, 4) is 5.75 Å². The van der Waals surface area contributed by atoms with Crippen LogP contribution in [0, 0.1) is 12.4 Å². The molecule has 0 aliphatic heterocycles. The van der Waals surface area contributed by atoms with E-state index in [-0.39, 0.29) is 12.4 Å². The summed E-state index contributed by atoms with van der Waals surface area (Å²) >= 11 is 0. The maximum absolute atomic E-state index is 13.0. The van der Waals surface area contributed by atoms with Gasteiger partial charge in [0.05, 0.1) is 12.7 Å². The van der Waals surface area contributed by atoms with Gasteiger partial charge in [0.25, 0.3) is 0 Å². The van der Waals surface area contributed by atoms with Crippen molar-refractivity contribution in [2.45, 2.75) is 6.54 Å². The Morgan fingerprint density at radius 1 is 1.58 bits per heavy atom. The van der Waals surface area contributed by atoms with E-state index in [2.05, 4.69) is 4.85 Å². The summed E-state index contributed by atoms with van der Waals surface area (Å²) in [6.07, 6.45) is 0. The Morgan fingerprint density at radius 2 is 2.33 bits per heavy atom. The van der Waals surface area contributed by atoms with E-state index in [0.29, 0.717) is 11.3 Å². The first-order valence-electron chi connectivity index (χ1n) is 3.43. The third-order valence-corrected chi connectivity index (χ3v) is 1.51. The summed E-state index contributed by atoms with van der Waals surface area (Å²) in [6.45, 7) is 6.64. The second kappa shape index (κ2) is 3.72. The molecule has 3 heteroatoms. The first-order valence-corrected chi connectivity index (χ1v) is 3.43. The second-order valence-electron chi connectivity index (χ2n) is 2.27. The molecule has 0 saturated heterocycles. The minimum absolute atomic E-state index is 0.0792. The number of hydrogen-bond donors (Lipinski definition) is 0. The number of nitrogens with zero attached hydrogens (tertiary/aromatic N) is 1. The fourth-order valence-corrected chi connectivity index (χ4v) is 0.868. The first-order chi connectivity index (χ1) is 5.77. The molecule has 0 atom stereocenters. The van der Waals surface area contributed by atoms with Gasteiger partial charge in [-0.25, -0.2) is 11.0 Å². The zero-order valence-electron chi connectivity index (χ0n) is 6.67. The van der Waals surface area contributed by atoms with Gasteiger partial charge in [-0.1, -0.05) is 0 Å². The van der Waals surface area contributed by atoms with Crippen LogP contribution < -0.4 is 4.74 Å². The SMILES string of the molecule is [C-]#[N+]Cc1ccc(OC)cc1F. The maximum atomic E-state index is 13.0. The molecule has 12 heavy (non-hydrogen) atoms. The molecule has 0 fully saturated rings. The van der Waals surface area contributed by atoms with E-state index in [1.165, 1.54) is 13.2 Å². The number of rotatable bonds is 2. The molecule has 0 saturated carbocycles. The molecule has 0 amide bonds. The predicted octanol–water partition coefficient (Wildman–Crippen LogP) is 2.25. The van der Waals surface area contributed by atoms with Gasteiger partial charge >= 0.3 is 0 Å². The number of ether oxygens (including phenoxy) is 1. The van der Waals surface area contributed by atoms with E-state index in [1.54, 1.807) is 12.1 Å². The lowest BCUT2D eigenvalue weighted by Gasteiger charge is -2.00. The summed E-state index contributed by atoms with van der Waals surface area (Å²) in [4.78, 5) is 3.09. The zero-order valence-corrected chi connectivity index (χ0v) is 6.67. The highest BCUT2D eigenvalue weighted by Crippen LogP contribution is 2.16. The van der Waals surface area contributed by atoms with Gasteiger partial charge in [0.2, 0.25) is 6.54 Å². The van der Waals surface area contributed by atoms with E-state index in [0.717, 1.165) is 0 Å². The lowest BCUT2D eigenvalue weighted by molar-refractivity contribution is 0.411. The Kier molecular flexibility index (Phi) is 2.65. The first kappa shape index (κ1) is 8.54. The zero-order chi connectivity index (χ0) is 8.97. The van der Waals surface area contributed by atoms with E-state index in [4.69, 9.17) is 11.3 Å². The van der Waals surface area contributed by atoms with Gasteiger partial charge in [-0.2, -0.15) is 0 Å². The maximum Gasteiger partial charge on any atom is 0.242 e. The van der Waals surface area contributed by atoms with Crippen molar-refractivity contribution >= 4 is 0 Å². The molecule has 0 bridgehead atoms. The van der Waals surface area contributed by atoms with Gasteiger partial charge in [0, 0.05) is 6.07 Å². The van der Waals surface area contributed by atoms with Crippen LogP contribution >= 0.6 is 0 Å². The van der Waals surface area contributed by atoms with Gasteiger partial charge in [-0.3, -0.25) is 0 Å². The normalized spacial score (nSPS) is 9.08. The average molecular weight is 165 g/mol. The summed E-state index contributed by atoms with van der Waals surface area (Å²) in [6, 6.07) is 4.48.